The maximum Gasteiger partial charge on any atom is 0.0455 e. The zero-order valence-corrected chi connectivity index (χ0v) is 12.1. The summed E-state index contributed by atoms with van der Waals surface area (Å²) in [6.45, 7) is 3.14. The lowest BCUT2D eigenvalue weighted by molar-refractivity contribution is 0.392. The molecule has 0 saturated heterocycles. The molecule has 1 N–H and O–H groups in total. The van der Waals surface area contributed by atoms with Crippen LogP contribution in [0.15, 0.2) is 18.2 Å². The molecule has 0 unspecified atom stereocenters. The molecule has 0 heterocycles. The van der Waals surface area contributed by atoms with E-state index in [0.29, 0.717) is 0 Å². The number of aryl methyl sites for hydroxylation is 1. The van der Waals surface area contributed by atoms with Gasteiger partial charge in [0.1, 0.15) is 0 Å². The van der Waals surface area contributed by atoms with Crippen molar-refractivity contribution in [1.29, 1.82) is 0 Å². The molecule has 1 saturated carbocycles. The Morgan fingerprint density at radius 3 is 2.44 bits per heavy atom. The predicted molar refractivity (Wildman–Crippen MR) is 80.5 cm³/mol. The minimum atomic E-state index is 0.838. The summed E-state index contributed by atoms with van der Waals surface area (Å²) in [7, 11) is 0. The van der Waals surface area contributed by atoms with Crippen molar-refractivity contribution in [2.24, 2.45) is 5.92 Å². The highest BCUT2D eigenvalue weighted by molar-refractivity contribution is 6.31. The van der Waals surface area contributed by atoms with Crippen LogP contribution in [0.25, 0.3) is 0 Å². The van der Waals surface area contributed by atoms with E-state index in [0.717, 1.165) is 28.7 Å². The van der Waals surface area contributed by atoms with Gasteiger partial charge in [0.05, 0.1) is 0 Å². The normalized spacial score (nSPS) is 18.1. The van der Waals surface area contributed by atoms with Crippen molar-refractivity contribution in [3.63, 3.8) is 0 Å². The highest BCUT2D eigenvalue weighted by atomic mass is 35.5. The first-order valence-electron chi connectivity index (χ1n) is 7.26. The minimum Gasteiger partial charge on any atom is -0.385 e. The average molecular weight is 266 g/mol. The highest BCUT2D eigenvalue weighted by Crippen LogP contribution is 2.24. The van der Waals surface area contributed by atoms with E-state index in [1.807, 2.05) is 13.0 Å². The first-order valence-corrected chi connectivity index (χ1v) is 7.63. The van der Waals surface area contributed by atoms with Crippen LogP contribution < -0.4 is 5.32 Å². The number of benzene rings is 1. The number of rotatable bonds is 3. The Morgan fingerprint density at radius 1 is 1.11 bits per heavy atom. The first kappa shape index (κ1) is 13.7. The fourth-order valence-corrected chi connectivity index (χ4v) is 2.89. The minimum absolute atomic E-state index is 0.838. The smallest absolute Gasteiger partial charge is 0.0455 e. The summed E-state index contributed by atoms with van der Waals surface area (Å²) in [6.07, 6.45) is 9.86. The molecule has 1 aliphatic carbocycles. The molecule has 0 atom stereocenters. The Morgan fingerprint density at radius 2 is 1.78 bits per heavy atom. The Labute approximate surface area is 116 Å². The van der Waals surface area contributed by atoms with Gasteiger partial charge in [-0.15, -0.1) is 0 Å². The maximum absolute atomic E-state index is 6.14. The molecule has 0 aliphatic heterocycles. The van der Waals surface area contributed by atoms with E-state index in [4.69, 9.17) is 11.6 Å². The molecule has 1 aromatic rings. The monoisotopic (exact) mass is 265 g/mol. The van der Waals surface area contributed by atoms with Crippen LogP contribution in [-0.4, -0.2) is 6.54 Å². The molecule has 0 aromatic heterocycles. The third kappa shape index (κ3) is 4.20. The zero-order valence-electron chi connectivity index (χ0n) is 11.3. The largest absolute Gasteiger partial charge is 0.385 e. The third-order valence-electron chi connectivity index (χ3n) is 3.99. The topological polar surface area (TPSA) is 12.0 Å². The quantitative estimate of drug-likeness (QED) is 0.769. The molecule has 0 radical (unpaired) electrons. The summed E-state index contributed by atoms with van der Waals surface area (Å²) in [4.78, 5) is 0. The Bertz CT molecular complexity index is 367. The molecular formula is C16H24ClN. The van der Waals surface area contributed by atoms with Crippen LogP contribution in [0.4, 0.5) is 5.69 Å². The lowest BCUT2D eigenvalue weighted by atomic mass is 9.91. The summed E-state index contributed by atoms with van der Waals surface area (Å²) >= 11 is 6.14. The highest BCUT2D eigenvalue weighted by Gasteiger charge is 2.11. The third-order valence-corrected chi connectivity index (χ3v) is 4.40. The lowest BCUT2D eigenvalue weighted by Gasteiger charge is -2.20. The molecule has 1 aromatic carbocycles. The zero-order chi connectivity index (χ0) is 12.8. The SMILES string of the molecule is Cc1ccc(NCC2CCCCCCC2)cc1Cl. The Hall–Kier alpha value is -0.690. The average Bonchev–Trinajstić information content (AvgIpc) is 2.32. The van der Waals surface area contributed by atoms with Gasteiger partial charge in [0.15, 0.2) is 0 Å². The second-order valence-electron chi connectivity index (χ2n) is 5.56. The molecule has 1 nitrogen and oxygen atoms in total. The molecule has 1 aliphatic rings. The number of nitrogens with one attached hydrogen (secondary N) is 1. The van der Waals surface area contributed by atoms with Crippen molar-refractivity contribution < 1.29 is 0 Å². The second-order valence-corrected chi connectivity index (χ2v) is 5.96. The van der Waals surface area contributed by atoms with E-state index in [2.05, 4.69) is 17.4 Å². The first-order chi connectivity index (χ1) is 8.75. The van der Waals surface area contributed by atoms with Crippen LogP contribution in [-0.2, 0) is 0 Å². The van der Waals surface area contributed by atoms with Gasteiger partial charge in [-0.3, -0.25) is 0 Å². The standard InChI is InChI=1S/C16H24ClN/c1-13-9-10-15(11-16(13)17)18-12-14-7-5-3-2-4-6-8-14/h9-11,14,18H,2-8,12H2,1H3. The molecule has 0 spiro atoms. The van der Waals surface area contributed by atoms with Gasteiger partial charge in [-0.2, -0.15) is 0 Å². The van der Waals surface area contributed by atoms with Crippen LogP contribution in [0.2, 0.25) is 5.02 Å². The van der Waals surface area contributed by atoms with Crippen molar-refractivity contribution in [2.45, 2.75) is 51.9 Å². The number of anilines is 1. The van der Waals surface area contributed by atoms with E-state index >= 15 is 0 Å². The van der Waals surface area contributed by atoms with Gasteiger partial charge in [0.2, 0.25) is 0 Å². The molecule has 2 heteroatoms. The van der Waals surface area contributed by atoms with Gasteiger partial charge in [0.25, 0.3) is 0 Å². The lowest BCUT2D eigenvalue weighted by Crippen LogP contribution is -2.15. The van der Waals surface area contributed by atoms with Crippen LogP contribution in [0.1, 0.15) is 50.5 Å². The summed E-state index contributed by atoms with van der Waals surface area (Å²) in [5.74, 6) is 0.838. The molecule has 2 rings (SSSR count). The van der Waals surface area contributed by atoms with Crippen LogP contribution >= 0.6 is 11.6 Å². The van der Waals surface area contributed by atoms with Crippen molar-refractivity contribution in [2.75, 3.05) is 11.9 Å². The summed E-state index contributed by atoms with van der Waals surface area (Å²) in [6, 6.07) is 6.26. The van der Waals surface area contributed by atoms with Crippen molar-refractivity contribution >= 4 is 17.3 Å². The Balaban J connectivity index is 1.83. The number of halogens is 1. The molecule has 0 amide bonds. The van der Waals surface area contributed by atoms with Gasteiger partial charge in [-0.25, -0.2) is 0 Å². The molecule has 100 valence electrons. The van der Waals surface area contributed by atoms with Gasteiger partial charge in [-0.1, -0.05) is 49.8 Å². The van der Waals surface area contributed by atoms with Crippen LogP contribution in [0.5, 0.6) is 0 Å². The van der Waals surface area contributed by atoms with E-state index < -0.39 is 0 Å². The summed E-state index contributed by atoms with van der Waals surface area (Å²) in [5, 5.41) is 4.41. The maximum atomic E-state index is 6.14. The van der Waals surface area contributed by atoms with E-state index in [1.54, 1.807) is 0 Å². The van der Waals surface area contributed by atoms with E-state index in [9.17, 15) is 0 Å². The number of hydrogen-bond acceptors (Lipinski definition) is 1. The fraction of sp³-hybridized carbons (Fsp3) is 0.625. The van der Waals surface area contributed by atoms with Crippen molar-refractivity contribution in [3.8, 4) is 0 Å². The van der Waals surface area contributed by atoms with Crippen LogP contribution in [0, 0.1) is 12.8 Å². The number of hydrogen-bond donors (Lipinski definition) is 1. The predicted octanol–water partition coefficient (Wildman–Crippen LogP) is 5.42. The van der Waals surface area contributed by atoms with Gasteiger partial charge in [-0.05, 0) is 43.4 Å². The van der Waals surface area contributed by atoms with E-state index in [1.165, 1.54) is 44.9 Å². The molecular weight excluding hydrogens is 242 g/mol. The van der Waals surface area contributed by atoms with Gasteiger partial charge in [0, 0.05) is 17.3 Å². The van der Waals surface area contributed by atoms with E-state index in [-0.39, 0.29) is 0 Å². The molecule has 1 fully saturated rings. The van der Waals surface area contributed by atoms with Crippen molar-refractivity contribution in [1.82, 2.24) is 0 Å². The van der Waals surface area contributed by atoms with Gasteiger partial charge < -0.3 is 5.32 Å². The Kier molecular flexibility index (Phi) is 5.37. The van der Waals surface area contributed by atoms with Crippen molar-refractivity contribution in [3.05, 3.63) is 28.8 Å². The molecule has 18 heavy (non-hydrogen) atoms. The summed E-state index contributed by atoms with van der Waals surface area (Å²) in [5.41, 5.74) is 2.31. The second kappa shape index (κ2) is 7.04. The molecule has 0 bridgehead atoms. The van der Waals surface area contributed by atoms with Gasteiger partial charge >= 0.3 is 0 Å². The van der Waals surface area contributed by atoms with Crippen LogP contribution in [0.3, 0.4) is 0 Å². The summed E-state index contributed by atoms with van der Waals surface area (Å²) < 4.78 is 0. The fourth-order valence-electron chi connectivity index (χ4n) is 2.71.